The second-order valence-electron chi connectivity index (χ2n) is 11.2. The Balaban J connectivity index is 1.44. The summed E-state index contributed by atoms with van der Waals surface area (Å²) in [7, 11) is 0. The normalized spacial score (nSPS) is 19.6. The summed E-state index contributed by atoms with van der Waals surface area (Å²) in [5, 5.41) is 8.51. The number of hydrogen-bond acceptors (Lipinski definition) is 7. The molecule has 1 aliphatic carbocycles. The average molecular weight is 606 g/mol. The zero-order valence-electron chi connectivity index (χ0n) is 21.8. The van der Waals surface area contributed by atoms with Crippen LogP contribution in [0.15, 0.2) is 22.7 Å². The monoisotopic (exact) mass is 604 g/mol. The van der Waals surface area contributed by atoms with Crippen molar-refractivity contribution >= 4 is 65.8 Å². The first-order valence-corrected chi connectivity index (χ1v) is 15.2. The van der Waals surface area contributed by atoms with E-state index in [0.717, 1.165) is 48.0 Å². The number of carbonyl (C=O) groups excluding carboxylic acids is 2. The lowest BCUT2D eigenvalue weighted by atomic mass is 9.79. The van der Waals surface area contributed by atoms with Crippen molar-refractivity contribution in [1.82, 2.24) is 15.2 Å². The number of ether oxygens (including phenoxy) is 1. The number of rotatable bonds is 5. The molecule has 5 rings (SSSR count). The van der Waals surface area contributed by atoms with Gasteiger partial charge in [0.15, 0.2) is 0 Å². The molecule has 2 aromatic heterocycles. The summed E-state index contributed by atoms with van der Waals surface area (Å²) < 4.78 is 7.71. The SMILES string of the molecule is CC(C)NC1CC(C(=O)Nc2sc3c(c2-c2nc4cc(Br)ccc4s2)CCN(C(=O)OC(C)(C)C)C3)C1. The van der Waals surface area contributed by atoms with Crippen molar-refractivity contribution in [1.29, 1.82) is 0 Å². The van der Waals surface area contributed by atoms with Gasteiger partial charge in [-0.05, 0) is 63.8 Å². The predicted molar refractivity (Wildman–Crippen MR) is 154 cm³/mol. The summed E-state index contributed by atoms with van der Waals surface area (Å²) in [5.41, 5.74) is 2.56. The minimum Gasteiger partial charge on any atom is -0.444 e. The van der Waals surface area contributed by atoms with Crippen LogP contribution in [0.25, 0.3) is 20.8 Å². The van der Waals surface area contributed by atoms with Crippen molar-refractivity contribution < 1.29 is 14.3 Å². The van der Waals surface area contributed by atoms with Crippen LogP contribution < -0.4 is 10.6 Å². The van der Waals surface area contributed by atoms with Crippen LogP contribution in [0.5, 0.6) is 0 Å². The van der Waals surface area contributed by atoms with E-state index in [-0.39, 0.29) is 17.9 Å². The number of thiophene rings is 1. The van der Waals surface area contributed by atoms with Gasteiger partial charge < -0.3 is 20.3 Å². The molecule has 2 amide bonds. The Labute approximate surface area is 234 Å². The van der Waals surface area contributed by atoms with Crippen molar-refractivity contribution in [2.45, 2.75) is 78.1 Å². The van der Waals surface area contributed by atoms with E-state index < -0.39 is 5.60 Å². The second kappa shape index (κ2) is 10.3. The molecule has 0 unspecified atom stereocenters. The van der Waals surface area contributed by atoms with Crippen molar-refractivity contribution in [3.63, 3.8) is 0 Å². The number of hydrogen-bond donors (Lipinski definition) is 2. The third kappa shape index (κ3) is 5.87. The molecular weight excluding hydrogens is 572 g/mol. The quantitative estimate of drug-likeness (QED) is 0.335. The van der Waals surface area contributed by atoms with Crippen LogP contribution in [0.2, 0.25) is 0 Å². The van der Waals surface area contributed by atoms with Crippen molar-refractivity contribution in [2.24, 2.45) is 5.92 Å². The highest BCUT2D eigenvalue weighted by molar-refractivity contribution is 9.10. The smallest absolute Gasteiger partial charge is 0.410 e. The number of halogens is 1. The molecule has 2 N–H and O–H groups in total. The molecule has 2 aliphatic rings. The molecule has 0 saturated heterocycles. The van der Waals surface area contributed by atoms with E-state index in [1.165, 1.54) is 5.56 Å². The molecule has 10 heteroatoms. The fourth-order valence-corrected chi connectivity index (χ4v) is 7.57. The maximum Gasteiger partial charge on any atom is 0.410 e. The van der Waals surface area contributed by atoms with E-state index in [4.69, 9.17) is 9.72 Å². The Bertz CT molecular complexity index is 1340. The van der Waals surface area contributed by atoms with Crippen LogP contribution in [-0.4, -0.2) is 46.1 Å². The number of aromatic nitrogens is 1. The highest BCUT2D eigenvalue weighted by atomic mass is 79.9. The van der Waals surface area contributed by atoms with Gasteiger partial charge in [0.1, 0.15) is 15.6 Å². The number of thiazole rings is 1. The van der Waals surface area contributed by atoms with Crippen molar-refractivity contribution in [3.8, 4) is 10.6 Å². The lowest BCUT2D eigenvalue weighted by Gasteiger charge is -2.36. The van der Waals surface area contributed by atoms with Gasteiger partial charge in [0, 0.05) is 39.5 Å². The van der Waals surface area contributed by atoms with Gasteiger partial charge in [-0.25, -0.2) is 9.78 Å². The van der Waals surface area contributed by atoms with E-state index in [1.54, 1.807) is 27.6 Å². The van der Waals surface area contributed by atoms with Gasteiger partial charge in [-0.2, -0.15) is 0 Å². The van der Waals surface area contributed by atoms with Crippen LogP contribution in [0.1, 0.15) is 57.9 Å². The second-order valence-corrected chi connectivity index (χ2v) is 14.2. The molecule has 3 heterocycles. The van der Waals surface area contributed by atoms with Gasteiger partial charge in [0.25, 0.3) is 0 Å². The largest absolute Gasteiger partial charge is 0.444 e. The lowest BCUT2D eigenvalue weighted by molar-refractivity contribution is -0.123. The summed E-state index contributed by atoms with van der Waals surface area (Å²) in [6.07, 6.45) is 2.10. The molecule has 1 aromatic carbocycles. The van der Waals surface area contributed by atoms with E-state index in [9.17, 15) is 9.59 Å². The third-order valence-electron chi connectivity index (χ3n) is 6.59. The van der Waals surface area contributed by atoms with E-state index >= 15 is 0 Å². The number of anilines is 1. The van der Waals surface area contributed by atoms with Crippen molar-refractivity contribution in [2.75, 3.05) is 11.9 Å². The molecule has 198 valence electrons. The number of fused-ring (bicyclic) bond motifs is 2. The Morgan fingerprint density at radius 2 is 1.97 bits per heavy atom. The molecule has 1 aliphatic heterocycles. The molecular formula is C27H33BrN4O3S2. The number of benzene rings is 1. The number of nitrogens with one attached hydrogen (secondary N) is 2. The standard InChI is InChI=1S/C27H33BrN4O3S2/c1-14(2)29-17-10-15(11-17)23(33)31-25-22(24-30-19-12-16(28)6-7-20(19)36-24)18-8-9-32(13-21(18)37-25)26(34)35-27(3,4)5/h6-7,12,14-15,17,29H,8-11,13H2,1-5H3,(H,31,33). The zero-order chi connectivity index (χ0) is 26.5. The fraction of sp³-hybridized carbons (Fsp3) is 0.519. The Kier molecular flexibility index (Phi) is 7.39. The Hall–Kier alpha value is -2.01. The summed E-state index contributed by atoms with van der Waals surface area (Å²) in [5.74, 6) is 0.0716. The molecule has 0 bridgehead atoms. The third-order valence-corrected chi connectivity index (χ3v) is 9.27. The van der Waals surface area contributed by atoms with Gasteiger partial charge in [0.2, 0.25) is 5.91 Å². The molecule has 1 saturated carbocycles. The summed E-state index contributed by atoms with van der Waals surface area (Å²) in [6, 6.07) is 6.92. The zero-order valence-corrected chi connectivity index (χ0v) is 25.0. The summed E-state index contributed by atoms with van der Waals surface area (Å²) in [4.78, 5) is 33.8. The highest BCUT2D eigenvalue weighted by Crippen LogP contribution is 2.46. The number of nitrogens with zero attached hydrogens (tertiary/aromatic N) is 2. The van der Waals surface area contributed by atoms with E-state index in [2.05, 4.69) is 46.5 Å². The topological polar surface area (TPSA) is 83.6 Å². The van der Waals surface area contributed by atoms with Crippen LogP contribution in [0, 0.1) is 5.92 Å². The van der Waals surface area contributed by atoms with E-state index in [0.29, 0.717) is 31.6 Å². The van der Waals surface area contributed by atoms with Crippen LogP contribution in [0.3, 0.4) is 0 Å². The first-order valence-electron chi connectivity index (χ1n) is 12.7. The Morgan fingerprint density at radius 3 is 2.68 bits per heavy atom. The molecule has 0 atom stereocenters. The van der Waals surface area contributed by atoms with Gasteiger partial charge in [-0.15, -0.1) is 22.7 Å². The summed E-state index contributed by atoms with van der Waals surface area (Å²) >= 11 is 6.74. The van der Waals surface area contributed by atoms with Crippen LogP contribution in [0.4, 0.5) is 9.80 Å². The summed E-state index contributed by atoms with van der Waals surface area (Å²) in [6.45, 7) is 10.9. The first-order chi connectivity index (χ1) is 17.5. The number of amides is 2. The molecule has 0 spiro atoms. The van der Waals surface area contributed by atoms with Crippen LogP contribution >= 0.6 is 38.6 Å². The average Bonchev–Trinajstić information content (AvgIpc) is 3.33. The molecule has 1 fully saturated rings. The lowest BCUT2D eigenvalue weighted by Crippen LogP contribution is -2.48. The highest BCUT2D eigenvalue weighted by Gasteiger charge is 2.36. The molecule has 3 aromatic rings. The fourth-order valence-electron chi connectivity index (χ4n) is 4.86. The predicted octanol–water partition coefficient (Wildman–Crippen LogP) is 6.80. The Morgan fingerprint density at radius 1 is 1.22 bits per heavy atom. The van der Waals surface area contributed by atoms with Crippen LogP contribution in [-0.2, 0) is 22.5 Å². The van der Waals surface area contributed by atoms with Gasteiger partial charge >= 0.3 is 6.09 Å². The van der Waals surface area contributed by atoms with Crippen molar-refractivity contribution in [3.05, 3.63) is 33.1 Å². The minimum absolute atomic E-state index is 0.00723. The first kappa shape index (κ1) is 26.6. The van der Waals surface area contributed by atoms with Gasteiger partial charge in [-0.1, -0.05) is 29.8 Å². The molecule has 37 heavy (non-hydrogen) atoms. The number of carbonyl (C=O) groups is 2. The molecule has 7 nitrogen and oxygen atoms in total. The van der Waals surface area contributed by atoms with Gasteiger partial charge in [0.05, 0.1) is 16.8 Å². The maximum atomic E-state index is 13.2. The van der Waals surface area contributed by atoms with Gasteiger partial charge in [-0.3, -0.25) is 4.79 Å². The molecule has 0 radical (unpaired) electrons. The van der Waals surface area contributed by atoms with E-state index in [1.807, 2.05) is 32.9 Å². The minimum atomic E-state index is -0.544. The maximum absolute atomic E-state index is 13.2.